The molecule has 86 valence electrons. The van der Waals surface area contributed by atoms with Crippen molar-refractivity contribution < 1.29 is 8.42 Å². The standard InChI is InChI=1S/C9H20INO2S/c1-9(2,3)5-8-14(12,13)11-7-4-6-10/h11H,4-8H2,1-3H3. The van der Waals surface area contributed by atoms with Crippen molar-refractivity contribution in [1.29, 1.82) is 0 Å². The summed E-state index contributed by atoms with van der Waals surface area (Å²) >= 11 is 2.24. The number of hydrogen-bond acceptors (Lipinski definition) is 2. The zero-order valence-electron chi connectivity index (χ0n) is 9.14. The monoisotopic (exact) mass is 333 g/mol. The van der Waals surface area contributed by atoms with Crippen LogP contribution in [-0.4, -0.2) is 25.1 Å². The molecule has 0 atom stereocenters. The fourth-order valence-corrected chi connectivity index (χ4v) is 2.67. The Kier molecular flexibility index (Phi) is 6.56. The molecule has 5 heteroatoms. The van der Waals surface area contributed by atoms with E-state index in [1.54, 1.807) is 0 Å². The highest BCUT2D eigenvalue weighted by atomic mass is 127. The van der Waals surface area contributed by atoms with E-state index >= 15 is 0 Å². The molecule has 0 saturated carbocycles. The third-order valence-corrected chi connectivity index (χ3v) is 3.90. The SMILES string of the molecule is CC(C)(C)CCS(=O)(=O)NCCCI. The first-order valence-corrected chi connectivity index (χ1v) is 7.98. The molecule has 0 unspecified atom stereocenters. The summed E-state index contributed by atoms with van der Waals surface area (Å²) in [5.41, 5.74) is 0.0814. The van der Waals surface area contributed by atoms with Gasteiger partial charge in [0.25, 0.3) is 0 Å². The van der Waals surface area contributed by atoms with Crippen LogP contribution in [0.3, 0.4) is 0 Å². The van der Waals surface area contributed by atoms with Crippen molar-refractivity contribution in [3.05, 3.63) is 0 Å². The molecule has 0 aromatic rings. The lowest BCUT2D eigenvalue weighted by Gasteiger charge is -2.17. The van der Waals surface area contributed by atoms with Crippen LogP contribution < -0.4 is 4.72 Å². The lowest BCUT2D eigenvalue weighted by Crippen LogP contribution is -2.29. The number of halogens is 1. The van der Waals surface area contributed by atoms with Gasteiger partial charge in [-0.2, -0.15) is 0 Å². The molecule has 14 heavy (non-hydrogen) atoms. The Morgan fingerprint density at radius 2 is 1.86 bits per heavy atom. The molecule has 3 nitrogen and oxygen atoms in total. The Hall–Kier alpha value is 0.640. The molecule has 0 aromatic carbocycles. The van der Waals surface area contributed by atoms with Crippen LogP contribution in [0.25, 0.3) is 0 Å². The molecule has 0 fully saturated rings. The zero-order chi connectivity index (χ0) is 11.2. The summed E-state index contributed by atoms with van der Waals surface area (Å²) in [6.07, 6.45) is 1.60. The normalized spacial score (nSPS) is 13.1. The smallest absolute Gasteiger partial charge is 0.211 e. The minimum atomic E-state index is -3.04. The van der Waals surface area contributed by atoms with E-state index < -0.39 is 10.0 Å². The molecule has 0 radical (unpaired) electrons. The molecule has 0 aliphatic carbocycles. The summed E-state index contributed by atoms with van der Waals surface area (Å²) in [6, 6.07) is 0. The molecule has 0 bridgehead atoms. The summed E-state index contributed by atoms with van der Waals surface area (Å²) in [5.74, 6) is 0.234. The quantitative estimate of drug-likeness (QED) is 0.460. The number of alkyl halides is 1. The van der Waals surface area contributed by atoms with Gasteiger partial charge in [0.15, 0.2) is 0 Å². The predicted molar refractivity (Wildman–Crippen MR) is 69.4 cm³/mol. The zero-order valence-corrected chi connectivity index (χ0v) is 12.1. The molecule has 0 aliphatic rings. The van der Waals surface area contributed by atoms with E-state index in [-0.39, 0.29) is 11.2 Å². The van der Waals surface area contributed by atoms with Gasteiger partial charge in [-0.1, -0.05) is 43.4 Å². The largest absolute Gasteiger partial charge is 0.215 e. The van der Waals surface area contributed by atoms with E-state index in [9.17, 15) is 8.42 Å². The van der Waals surface area contributed by atoms with E-state index in [4.69, 9.17) is 0 Å². The van der Waals surface area contributed by atoms with Crippen LogP contribution in [0.4, 0.5) is 0 Å². The lowest BCUT2D eigenvalue weighted by molar-refractivity contribution is 0.396. The molecule has 0 rings (SSSR count). The van der Waals surface area contributed by atoms with Crippen molar-refractivity contribution in [3.63, 3.8) is 0 Å². The van der Waals surface area contributed by atoms with Gasteiger partial charge in [0.2, 0.25) is 10.0 Å². The Morgan fingerprint density at radius 1 is 1.29 bits per heavy atom. The van der Waals surface area contributed by atoms with Crippen molar-refractivity contribution in [3.8, 4) is 0 Å². The second-order valence-corrected chi connectivity index (χ2v) is 7.57. The van der Waals surface area contributed by atoms with Crippen molar-refractivity contribution in [1.82, 2.24) is 4.72 Å². The van der Waals surface area contributed by atoms with Crippen LogP contribution in [0.5, 0.6) is 0 Å². The Morgan fingerprint density at radius 3 is 2.29 bits per heavy atom. The minimum Gasteiger partial charge on any atom is -0.215 e. The molecule has 0 aliphatic heterocycles. The second-order valence-electron chi connectivity index (χ2n) is 4.57. The average Bonchev–Trinajstić information content (AvgIpc) is 2.00. The highest BCUT2D eigenvalue weighted by molar-refractivity contribution is 14.1. The Balaban J connectivity index is 3.85. The van der Waals surface area contributed by atoms with Crippen LogP contribution in [0.1, 0.15) is 33.6 Å². The number of hydrogen-bond donors (Lipinski definition) is 1. The van der Waals surface area contributed by atoms with Gasteiger partial charge in [-0.15, -0.1) is 0 Å². The van der Waals surface area contributed by atoms with Crippen molar-refractivity contribution in [2.45, 2.75) is 33.6 Å². The van der Waals surface area contributed by atoms with Gasteiger partial charge in [0.1, 0.15) is 0 Å². The molecule has 0 aromatic heterocycles. The fraction of sp³-hybridized carbons (Fsp3) is 1.00. The van der Waals surface area contributed by atoms with Crippen LogP contribution in [0.2, 0.25) is 0 Å². The summed E-state index contributed by atoms with van der Waals surface area (Å²) in [7, 11) is -3.04. The molecule has 0 saturated heterocycles. The van der Waals surface area contributed by atoms with Crippen molar-refractivity contribution >= 4 is 32.6 Å². The van der Waals surface area contributed by atoms with E-state index in [0.29, 0.717) is 13.0 Å². The Bertz CT molecular complexity index is 244. The highest BCUT2D eigenvalue weighted by Crippen LogP contribution is 2.18. The fourth-order valence-electron chi connectivity index (χ4n) is 0.807. The minimum absolute atomic E-state index is 0.0814. The third kappa shape index (κ3) is 9.21. The van der Waals surface area contributed by atoms with E-state index in [2.05, 4.69) is 27.3 Å². The highest BCUT2D eigenvalue weighted by Gasteiger charge is 2.16. The van der Waals surface area contributed by atoms with Gasteiger partial charge in [-0.3, -0.25) is 0 Å². The van der Waals surface area contributed by atoms with E-state index in [1.807, 2.05) is 20.8 Å². The number of sulfonamides is 1. The van der Waals surface area contributed by atoms with Crippen LogP contribution in [0, 0.1) is 5.41 Å². The Labute approximate surface area is 101 Å². The van der Waals surface area contributed by atoms with Gasteiger partial charge in [0, 0.05) is 11.0 Å². The first kappa shape index (κ1) is 14.6. The first-order valence-electron chi connectivity index (χ1n) is 4.80. The van der Waals surface area contributed by atoms with Crippen LogP contribution in [-0.2, 0) is 10.0 Å². The second kappa shape index (κ2) is 6.27. The van der Waals surface area contributed by atoms with Gasteiger partial charge in [0.05, 0.1) is 5.75 Å². The van der Waals surface area contributed by atoms with Crippen molar-refractivity contribution in [2.24, 2.45) is 5.41 Å². The summed E-state index contributed by atoms with van der Waals surface area (Å²) in [6.45, 7) is 6.71. The van der Waals surface area contributed by atoms with Crippen LogP contribution in [0.15, 0.2) is 0 Å². The number of nitrogens with one attached hydrogen (secondary N) is 1. The molecule has 1 N–H and O–H groups in total. The maximum atomic E-state index is 11.4. The van der Waals surface area contributed by atoms with Crippen molar-refractivity contribution in [2.75, 3.05) is 16.7 Å². The van der Waals surface area contributed by atoms with Gasteiger partial charge >= 0.3 is 0 Å². The maximum Gasteiger partial charge on any atom is 0.211 e. The van der Waals surface area contributed by atoms with E-state index in [1.165, 1.54) is 0 Å². The van der Waals surface area contributed by atoms with Gasteiger partial charge < -0.3 is 0 Å². The van der Waals surface area contributed by atoms with Crippen LogP contribution >= 0.6 is 22.6 Å². The maximum absolute atomic E-state index is 11.4. The summed E-state index contributed by atoms with van der Waals surface area (Å²) < 4.78 is 26.5. The summed E-state index contributed by atoms with van der Waals surface area (Å²) in [5, 5.41) is 0. The molecule has 0 heterocycles. The molecular weight excluding hydrogens is 313 g/mol. The van der Waals surface area contributed by atoms with Gasteiger partial charge in [-0.05, 0) is 18.3 Å². The summed E-state index contributed by atoms with van der Waals surface area (Å²) in [4.78, 5) is 0. The number of rotatable bonds is 6. The first-order chi connectivity index (χ1) is 6.27. The van der Waals surface area contributed by atoms with Gasteiger partial charge in [-0.25, -0.2) is 13.1 Å². The van der Waals surface area contributed by atoms with E-state index in [0.717, 1.165) is 10.8 Å². The topological polar surface area (TPSA) is 46.2 Å². The third-order valence-electron chi connectivity index (χ3n) is 1.75. The predicted octanol–water partition coefficient (Wildman–Crippen LogP) is 2.17. The molecule has 0 spiro atoms. The average molecular weight is 333 g/mol. The molecular formula is C9H20INO2S. The lowest BCUT2D eigenvalue weighted by atomic mass is 9.94. The molecule has 0 amide bonds.